The number of benzene rings is 2. The van der Waals surface area contributed by atoms with E-state index in [0.717, 1.165) is 0 Å². The van der Waals surface area contributed by atoms with E-state index in [4.69, 9.17) is 5.73 Å². The summed E-state index contributed by atoms with van der Waals surface area (Å²) in [7, 11) is 0. The first-order valence-electron chi connectivity index (χ1n) is 8.91. The Labute approximate surface area is 171 Å². The summed E-state index contributed by atoms with van der Waals surface area (Å²) in [5, 5.41) is 9.39. The summed E-state index contributed by atoms with van der Waals surface area (Å²) in [5.41, 5.74) is 5.92. The summed E-state index contributed by atoms with van der Waals surface area (Å²) in [4.78, 5) is 29.6. The van der Waals surface area contributed by atoms with Gasteiger partial charge < -0.3 is 10.3 Å². The number of nitrogen functional groups attached to an aromatic ring is 1. The molecule has 0 saturated carbocycles. The van der Waals surface area contributed by atoms with E-state index >= 15 is 0 Å². The molecule has 0 radical (unpaired) electrons. The summed E-state index contributed by atoms with van der Waals surface area (Å²) in [5.74, 6) is 0. The molecule has 5 aromatic rings. The van der Waals surface area contributed by atoms with E-state index in [2.05, 4.69) is 20.3 Å². The van der Waals surface area contributed by atoms with E-state index in [9.17, 15) is 14.1 Å². The molecule has 4 N–H and O–H groups in total. The fourth-order valence-electron chi connectivity index (χ4n) is 3.31. The summed E-state index contributed by atoms with van der Waals surface area (Å²) in [6, 6.07) is 17.9. The number of pyridine rings is 1. The molecule has 30 heavy (non-hydrogen) atoms. The highest BCUT2D eigenvalue weighted by molar-refractivity contribution is 7.91. The molecule has 3 aromatic heterocycles. The molecule has 0 spiro atoms. The zero-order chi connectivity index (χ0) is 20.8. The fraction of sp³-hybridized carbons (Fsp3) is 0. The van der Waals surface area contributed by atoms with Gasteiger partial charge >= 0.3 is 0 Å². The quantitative estimate of drug-likeness (QED) is 0.380. The summed E-state index contributed by atoms with van der Waals surface area (Å²) in [6.07, 6.45) is 0. The molecule has 2 aromatic carbocycles. The lowest BCUT2D eigenvalue weighted by Crippen LogP contribution is -2.21. The van der Waals surface area contributed by atoms with Gasteiger partial charge in [-0.05, 0) is 24.3 Å². The highest BCUT2D eigenvalue weighted by Gasteiger charge is 2.29. The third kappa shape index (κ3) is 2.70. The molecule has 0 saturated heterocycles. The second kappa shape index (κ2) is 6.87. The van der Waals surface area contributed by atoms with E-state index in [1.54, 1.807) is 36.4 Å². The van der Waals surface area contributed by atoms with E-state index in [-0.39, 0.29) is 32.6 Å². The second-order valence-electron chi connectivity index (χ2n) is 6.49. The van der Waals surface area contributed by atoms with Crippen LogP contribution in [0.4, 0.5) is 5.69 Å². The van der Waals surface area contributed by atoms with Crippen molar-refractivity contribution in [1.82, 2.24) is 25.0 Å². The standard InChI is InChI=1S/C20H14N6O3S/c21-15-13-16(19(28)24-23-18(13)27)22-17-14(15)20(30(29)12-9-5-2-6-10-12)25-26(17)11-7-3-1-4-8-11/h1-10H,(H2,21,22)(H,23,27)(H,24,28). The number of hydrogen-bond donors (Lipinski definition) is 3. The Morgan fingerprint density at radius 1 is 0.900 bits per heavy atom. The Balaban J connectivity index is 1.93. The van der Waals surface area contributed by atoms with Crippen molar-refractivity contribution in [1.29, 1.82) is 0 Å². The van der Waals surface area contributed by atoms with Gasteiger partial charge in [0, 0.05) is 11.2 Å². The summed E-state index contributed by atoms with van der Waals surface area (Å²) < 4.78 is 14.8. The summed E-state index contributed by atoms with van der Waals surface area (Å²) in [6.45, 7) is 0. The second-order valence-corrected chi connectivity index (χ2v) is 7.89. The molecule has 0 amide bonds. The molecule has 10 heteroatoms. The maximum absolute atomic E-state index is 13.3. The largest absolute Gasteiger partial charge is 0.605 e. The van der Waals surface area contributed by atoms with Crippen LogP contribution >= 0.6 is 0 Å². The maximum Gasteiger partial charge on any atom is 0.289 e. The zero-order valence-electron chi connectivity index (χ0n) is 15.3. The molecule has 148 valence electrons. The minimum Gasteiger partial charge on any atom is -0.605 e. The Hall–Kier alpha value is -3.89. The van der Waals surface area contributed by atoms with Crippen LogP contribution in [0, 0.1) is 0 Å². The average Bonchev–Trinajstić information content (AvgIpc) is 3.17. The maximum atomic E-state index is 13.3. The minimum atomic E-state index is -1.69. The molecule has 0 aliphatic rings. The van der Waals surface area contributed by atoms with Crippen LogP contribution in [0.3, 0.4) is 0 Å². The topological polar surface area (TPSA) is 146 Å². The molecule has 9 nitrogen and oxygen atoms in total. The van der Waals surface area contributed by atoms with Crippen molar-refractivity contribution in [3.05, 3.63) is 81.4 Å². The molecule has 0 bridgehead atoms. The van der Waals surface area contributed by atoms with Gasteiger partial charge in [-0.1, -0.05) is 36.4 Å². The number of hydrogen-bond acceptors (Lipinski definition) is 6. The molecular formula is C20H14N6O3S. The monoisotopic (exact) mass is 418 g/mol. The number of nitrogens with zero attached hydrogens (tertiary/aromatic N) is 3. The Kier molecular flexibility index (Phi) is 4.16. The number of nitrogens with one attached hydrogen (secondary N) is 2. The SMILES string of the molecule is Nc1c2c([S+]([O-])c3ccccc3)nn(-c3ccccc3)c2nc2c(=O)[nH][nH]c(=O)c12. The predicted molar refractivity (Wildman–Crippen MR) is 113 cm³/mol. The predicted octanol–water partition coefficient (Wildman–Crippen LogP) is 1.70. The van der Waals surface area contributed by atoms with Gasteiger partial charge in [-0.3, -0.25) is 19.8 Å². The van der Waals surface area contributed by atoms with Crippen molar-refractivity contribution in [3.63, 3.8) is 0 Å². The van der Waals surface area contributed by atoms with Crippen molar-refractivity contribution in [3.8, 4) is 5.69 Å². The highest BCUT2D eigenvalue weighted by atomic mass is 32.2. The highest BCUT2D eigenvalue weighted by Crippen LogP contribution is 2.34. The van der Waals surface area contributed by atoms with Crippen LogP contribution in [-0.4, -0.2) is 29.5 Å². The Morgan fingerprint density at radius 2 is 1.53 bits per heavy atom. The first-order chi connectivity index (χ1) is 14.6. The van der Waals surface area contributed by atoms with Crippen LogP contribution in [0.2, 0.25) is 0 Å². The van der Waals surface area contributed by atoms with Crippen molar-refractivity contribution in [2.24, 2.45) is 0 Å². The van der Waals surface area contributed by atoms with Crippen LogP contribution in [-0.2, 0) is 11.2 Å². The van der Waals surface area contributed by atoms with Crippen molar-refractivity contribution in [2.75, 3.05) is 5.73 Å². The van der Waals surface area contributed by atoms with Crippen molar-refractivity contribution in [2.45, 2.75) is 9.92 Å². The van der Waals surface area contributed by atoms with Crippen LogP contribution < -0.4 is 16.9 Å². The number of aromatic amines is 2. The zero-order valence-corrected chi connectivity index (χ0v) is 16.1. The lowest BCUT2D eigenvalue weighted by Gasteiger charge is -2.08. The van der Waals surface area contributed by atoms with Crippen LogP contribution in [0.15, 0.2) is 80.2 Å². The molecule has 0 aliphatic heterocycles. The van der Waals surface area contributed by atoms with Crippen LogP contribution in [0.1, 0.15) is 0 Å². The average molecular weight is 418 g/mol. The molecule has 1 atom stereocenters. The number of aromatic nitrogens is 5. The number of fused-ring (bicyclic) bond motifs is 2. The fourth-order valence-corrected chi connectivity index (χ4v) is 4.48. The minimum absolute atomic E-state index is 0.00353. The van der Waals surface area contributed by atoms with E-state index in [1.165, 1.54) is 4.68 Å². The Morgan fingerprint density at radius 3 is 2.23 bits per heavy atom. The molecule has 0 aliphatic carbocycles. The number of rotatable bonds is 3. The van der Waals surface area contributed by atoms with Gasteiger partial charge in [0.15, 0.2) is 10.5 Å². The molecule has 0 fully saturated rings. The van der Waals surface area contributed by atoms with E-state index in [1.807, 2.05) is 24.3 Å². The number of para-hydroxylation sites is 1. The van der Waals surface area contributed by atoms with Gasteiger partial charge in [0.05, 0.1) is 16.8 Å². The van der Waals surface area contributed by atoms with Crippen LogP contribution in [0.5, 0.6) is 0 Å². The number of anilines is 1. The third-order valence-electron chi connectivity index (χ3n) is 4.69. The number of nitrogens with two attached hydrogens (primary N) is 1. The molecule has 3 heterocycles. The van der Waals surface area contributed by atoms with Crippen molar-refractivity contribution < 1.29 is 4.55 Å². The molecular weight excluding hydrogens is 404 g/mol. The van der Waals surface area contributed by atoms with Gasteiger partial charge in [0.1, 0.15) is 10.9 Å². The van der Waals surface area contributed by atoms with Gasteiger partial charge in [-0.15, -0.1) is 5.10 Å². The lowest BCUT2D eigenvalue weighted by atomic mass is 10.2. The smallest absolute Gasteiger partial charge is 0.289 e. The molecule has 5 rings (SSSR count). The third-order valence-corrected chi connectivity index (χ3v) is 6.02. The van der Waals surface area contributed by atoms with Gasteiger partial charge in [0.2, 0.25) is 0 Å². The van der Waals surface area contributed by atoms with Gasteiger partial charge in [-0.25, -0.2) is 9.67 Å². The van der Waals surface area contributed by atoms with Crippen LogP contribution in [0.25, 0.3) is 27.6 Å². The number of H-pyrrole nitrogens is 2. The van der Waals surface area contributed by atoms with Gasteiger partial charge in [0.25, 0.3) is 16.1 Å². The lowest BCUT2D eigenvalue weighted by molar-refractivity contribution is 0.590. The first-order valence-corrected chi connectivity index (χ1v) is 10.1. The Bertz CT molecular complexity index is 1510. The first kappa shape index (κ1) is 18.2. The molecule has 1 unspecified atom stereocenters. The van der Waals surface area contributed by atoms with E-state index < -0.39 is 22.3 Å². The normalized spacial score (nSPS) is 12.4. The van der Waals surface area contributed by atoms with Gasteiger partial charge in [-0.2, -0.15) is 0 Å². The summed E-state index contributed by atoms with van der Waals surface area (Å²) >= 11 is -1.69. The van der Waals surface area contributed by atoms with E-state index in [0.29, 0.717) is 10.6 Å². The van der Waals surface area contributed by atoms with Crippen molar-refractivity contribution >= 4 is 38.8 Å².